The standard InChI is InChI=1S/C82H80BN3S/c1-49-42-72-75-73(43-49)86(69-47-64-62(44-50(69)2)79(9,10)58-26-18-20-28-60(58)81(64,13)14)71-48-65-63(80(11,12)59-27-19-21-29-61(59)82(65,15)16)46-67(71)83(75)66-41-40-55(45-70(66)85(72)68-30-23-25-57-56-24-17-22-31-74(56)87-76(57)68)84(53-36-32-51(33-37-53)77(3,4)5)54-38-34-52(35-39-54)78(6,7)8/h17-48H,1-16H3. The van der Waals surface area contributed by atoms with Crippen LogP contribution in [0.1, 0.15) is 164 Å². The van der Waals surface area contributed by atoms with Gasteiger partial charge in [-0.2, -0.15) is 0 Å². The molecule has 0 spiro atoms. The lowest BCUT2D eigenvalue weighted by molar-refractivity contribution is 0.520. The highest BCUT2D eigenvalue weighted by atomic mass is 32.1. The second-order valence-electron chi connectivity index (χ2n) is 30.0. The maximum atomic E-state index is 2.72. The summed E-state index contributed by atoms with van der Waals surface area (Å²) in [4.78, 5) is 7.89. The second kappa shape index (κ2) is 18.7. The lowest BCUT2D eigenvalue weighted by Gasteiger charge is -2.49. The fraction of sp³-hybridized carbons (Fsp3) is 0.268. The summed E-state index contributed by atoms with van der Waals surface area (Å²) in [6, 6.07) is 76.1. The zero-order valence-electron chi connectivity index (χ0n) is 53.8. The van der Waals surface area contributed by atoms with Gasteiger partial charge in [0.2, 0.25) is 0 Å². The van der Waals surface area contributed by atoms with Crippen molar-refractivity contribution in [3.8, 4) is 0 Å². The summed E-state index contributed by atoms with van der Waals surface area (Å²) in [5.41, 5.74) is 30.2. The lowest BCUT2D eigenvalue weighted by atomic mass is 9.33. The third kappa shape index (κ3) is 8.06. The summed E-state index contributed by atoms with van der Waals surface area (Å²) in [5.74, 6) is 0. The average Bonchev–Trinajstić information content (AvgIpc) is 0.800. The Balaban J connectivity index is 1.05. The van der Waals surface area contributed by atoms with Gasteiger partial charge >= 0.3 is 0 Å². The van der Waals surface area contributed by atoms with Gasteiger partial charge in [0.05, 0.1) is 10.4 Å². The molecule has 2 aliphatic heterocycles. The fourth-order valence-corrected chi connectivity index (χ4v) is 17.3. The van der Waals surface area contributed by atoms with E-state index < -0.39 is 0 Å². The third-order valence-electron chi connectivity index (χ3n) is 21.0. The molecule has 1 aromatic heterocycles. The predicted molar refractivity (Wildman–Crippen MR) is 376 cm³/mol. The van der Waals surface area contributed by atoms with Crippen LogP contribution in [0.5, 0.6) is 0 Å². The molecule has 10 aromatic carbocycles. The molecule has 2 aliphatic carbocycles. The van der Waals surface area contributed by atoms with Gasteiger partial charge in [0.25, 0.3) is 6.71 Å². The zero-order valence-corrected chi connectivity index (χ0v) is 54.6. The monoisotopic (exact) mass is 1150 g/mol. The summed E-state index contributed by atoms with van der Waals surface area (Å²) in [7, 11) is 0. The summed E-state index contributed by atoms with van der Waals surface area (Å²) in [6.07, 6.45) is 0. The van der Waals surface area contributed by atoms with E-state index in [-0.39, 0.29) is 39.2 Å². The molecule has 0 bridgehead atoms. The molecule has 432 valence electrons. The van der Waals surface area contributed by atoms with Crippen molar-refractivity contribution in [1.82, 2.24) is 0 Å². The van der Waals surface area contributed by atoms with Crippen LogP contribution in [0.15, 0.2) is 194 Å². The number of hydrogen-bond acceptors (Lipinski definition) is 4. The van der Waals surface area contributed by atoms with Gasteiger partial charge in [0, 0.05) is 82.6 Å². The third-order valence-corrected chi connectivity index (χ3v) is 22.2. The SMILES string of the molecule is Cc1cc2c3c(c1)N(c1cccc4c1sc1ccccc14)c1cc(N(c4ccc(C(C)(C)C)cc4)c4ccc(C(C)(C)C)cc4)ccc1B3c1cc3c(cc1N2c1cc2c(cc1C)C(C)(C)c1ccccc1C2(C)C)C(C)(C)c1ccccc1C3(C)C. The van der Waals surface area contributed by atoms with Crippen LogP contribution in [0, 0.1) is 13.8 Å². The number of nitrogens with zero attached hydrogens (tertiary/aromatic N) is 3. The highest BCUT2D eigenvalue weighted by Gasteiger charge is 2.49. The minimum absolute atomic E-state index is 0.0137. The van der Waals surface area contributed by atoms with Gasteiger partial charge in [-0.1, -0.05) is 218 Å². The topological polar surface area (TPSA) is 9.72 Å². The Kier molecular flexibility index (Phi) is 11.9. The quantitative estimate of drug-likeness (QED) is 0.159. The fourth-order valence-electron chi connectivity index (χ4n) is 16.1. The molecule has 0 radical (unpaired) electrons. The van der Waals surface area contributed by atoms with Crippen LogP contribution >= 0.6 is 11.3 Å². The van der Waals surface area contributed by atoms with E-state index in [0.717, 1.165) is 17.1 Å². The molecular weight excluding hydrogens is 1070 g/mol. The number of benzene rings is 10. The normalized spacial score (nSPS) is 16.3. The van der Waals surface area contributed by atoms with Gasteiger partial charge < -0.3 is 14.7 Å². The van der Waals surface area contributed by atoms with Crippen molar-refractivity contribution in [2.75, 3.05) is 14.7 Å². The van der Waals surface area contributed by atoms with Crippen LogP contribution in [0.3, 0.4) is 0 Å². The number of rotatable bonds is 5. The van der Waals surface area contributed by atoms with Crippen molar-refractivity contribution in [2.24, 2.45) is 0 Å². The minimum Gasteiger partial charge on any atom is -0.311 e. The number of aryl methyl sites for hydroxylation is 2. The first-order chi connectivity index (χ1) is 41.3. The van der Waals surface area contributed by atoms with Crippen molar-refractivity contribution >= 4 is 106 Å². The van der Waals surface area contributed by atoms with Gasteiger partial charge in [-0.3, -0.25) is 0 Å². The molecule has 0 fully saturated rings. The summed E-state index contributed by atoms with van der Waals surface area (Å²) in [6.45, 7) is 38.1. The molecule has 3 heterocycles. The van der Waals surface area contributed by atoms with Crippen molar-refractivity contribution in [3.63, 3.8) is 0 Å². The van der Waals surface area contributed by atoms with Crippen molar-refractivity contribution < 1.29 is 0 Å². The minimum atomic E-state index is -0.266. The molecule has 0 unspecified atom stereocenters. The van der Waals surface area contributed by atoms with Crippen molar-refractivity contribution in [1.29, 1.82) is 0 Å². The Bertz CT molecular complexity index is 4630. The van der Waals surface area contributed by atoms with Crippen LogP contribution in [0.4, 0.5) is 51.2 Å². The Hall–Kier alpha value is -8.12. The van der Waals surface area contributed by atoms with Gasteiger partial charge in [0.15, 0.2) is 0 Å². The number of thiophene rings is 1. The van der Waals surface area contributed by atoms with E-state index in [2.05, 4.69) is 320 Å². The molecule has 3 nitrogen and oxygen atoms in total. The van der Waals surface area contributed by atoms with Gasteiger partial charge in [0.1, 0.15) is 0 Å². The number of fused-ring (bicyclic) bond motifs is 11. The van der Waals surface area contributed by atoms with Gasteiger partial charge in [-0.25, -0.2) is 0 Å². The molecule has 0 atom stereocenters. The van der Waals surface area contributed by atoms with E-state index in [4.69, 9.17) is 0 Å². The van der Waals surface area contributed by atoms with Crippen LogP contribution in [0.25, 0.3) is 20.2 Å². The average molecular weight is 1150 g/mol. The first-order valence-corrected chi connectivity index (χ1v) is 32.4. The van der Waals surface area contributed by atoms with Crippen LogP contribution in [-0.4, -0.2) is 6.71 Å². The van der Waals surface area contributed by atoms with E-state index in [1.54, 1.807) is 0 Å². The first-order valence-electron chi connectivity index (χ1n) is 31.6. The molecule has 11 aromatic rings. The van der Waals surface area contributed by atoms with Gasteiger partial charge in [-0.15, -0.1) is 11.3 Å². The van der Waals surface area contributed by atoms with E-state index in [1.165, 1.54) is 137 Å². The highest BCUT2D eigenvalue weighted by Crippen LogP contribution is 2.57. The van der Waals surface area contributed by atoms with Gasteiger partial charge in [-0.05, 0) is 181 Å². The molecule has 0 N–H and O–H groups in total. The smallest absolute Gasteiger partial charge is 0.252 e. The molecule has 5 heteroatoms. The van der Waals surface area contributed by atoms with E-state index in [9.17, 15) is 0 Å². The van der Waals surface area contributed by atoms with Crippen LogP contribution in [0.2, 0.25) is 0 Å². The Morgan fingerprint density at radius 2 is 0.805 bits per heavy atom. The Morgan fingerprint density at radius 1 is 0.368 bits per heavy atom. The molecule has 87 heavy (non-hydrogen) atoms. The van der Waals surface area contributed by atoms with E-state index in [1.807, 2.05) is 11.3 Å². The molecule has 0 saturated carbocycles. The lowest BCUT2D eigenvalue weighted by Crippen LogP contribution is -2.62. The largest absolute Gasteiger partial charge is 0.311 e. The summed E-state index contributed by atoms with van der Waals surface area (Å²) in [5, 5.41) is 2.58. The van der Waals surface area contributed by atoms with E-state index >= 15 is 0 Å². The number of hydrogen-bond donors (Lipinski definition) is 0. The van der Waals surface area contributed by atoms with Crippen molar-refractivity contribution in [3.05, 3.63) is 261 Å². The number of anilines is 9. The molecule has 0 amide bonds. The van der Waals surface area contributed by atoms with E-state index in [0.29, 0.717) is 0 Å². The molecule has 4 aliphatic rings. The Labute approximate surface area is 521 Å². The highest BCUT2D eigenvalue weighted by molar-refractivity contribution is 7.26. The maximum Gasteiger partial charge on any atom is 0.252 e. The maximum absolute atomic E-state index is 2.72. The summed E-state index contributed by atoms with van der Waals surface area (Å²) < 4.78 is 2.59. The second-order valence-corrected chi connectivity index (χ2v) is 31.0. The molecule has 15 rings (SSSR count). The van der Waals surface area contributed by atoms with Crippen LogP contribution < -0.4 is 31.1 Å². The molecular formula is C82H80BN3S. The first kappa shape index (κ1) is 55.5. The Morgan fingerprint density at radius 3 is 1.33 bits per heavy atom. The predicted octanol–water partition coefficient (Wildman–Crippen LogP) is 20.7. The van der Waals surface area contributed by atoms with Crippen LogP contribution in [-0.2, 0) is 32.5 Å². The molecule has 0 saturated heterocycles. The van der Waals surface area contributed by atoms with Crippen molar-refractivity contribution in [2.45, 2.75) is 143 Å². The summed E-state index contributed by atoms with van der Waals surface area (Å²) >= 11 is 1.91. The zero-order chi connectivity index (χ0) is 60.8.